The molecule has 2 unspecified atom stereocenters. The Balaban J connectivity index is 2.08. The number of rotatable bonds is 6. The summed E-state index contributed by atoms with van der Waals surface area (Å²) in [6, 6.07) is 9.71. The summed E-state index contributed by atoms with van der Waals surface area (Å²) in [5.74, 6) is 1.28. The van der Waals surface area contributed by atoms with Crippen molar-refractivity contribution >= 4 is 0 Å². The van der Waals surface area contributed by atoms with Crippen molar-refractivity contribution in [1.29, 1.82) is 0 Å². The average molecular weight is 275 g/mol. The van der Waals surface area contributed by atoms with Crippen LogP contribution in [0, 0.1) is 5.92 Å². The molecule has 2 aromatic rings. The zero-order chi connectivity index (χ0) is 14.5. The highest BCUT2D eigenvalue weighted by Crippen LogP contribution is 2.24. The second kappa shape index (κ2) is 6.63. The summed E-state index contributed by atoms with van der Waals surface area (Å²) in [5.41, 5.74) is 7.27. The molecule has 0 saturated heterocycles. The summed E-state index contributed by atoms with van der Waals surface area (Å²) in [4.78, 5) is 4.37. The van der Waals surface area contributed by atoms with Gasteiger partial charge in [-0.1, -0.05) is 49.3 Å². The molecule has 1 heterocycles. The van der Waals surface area contributed by atoms with Gasteiger partial charge in [0.05, 0.1) is 6.04 Å². The number of benzene rings is 1. The van der Waals surface area contributed by atoms with E-state index in [0.29, 0.717) is 18.1 Å². The van der Waals surface area contributed by atoms with Crippen LogP contribution in [0.4, 0.5) is 0 Å². The number of nitrogens with two attached hydrogens (primary N) is 1. The van der Waals surface area contributed by atoms with Crippen LogP contribution in [0.25, 0.3) is 0 Å². The van der Waals surface area contributed by atoms with E-state index in [4.69, 9.17) is 15.0 Å². The highest BCUT2D eigenvalue weighted by molar-refractivity contribution is 5.16. The summed E-state index contributed by atoms with van der Waals surface area (Å²) < 4.78 is 10.6. The first-order valence-corrected chi connectivity index (χ1v) is 6.77. The van der Waals surface area contributed by atoms with Gasteiger partial charge in [-0.15, -0.1) is 0 Å². The number of hydrogen-bond acceptors (Lipinski definition) is 5. The molecule has 2 rings (SSSR count). The Morgan fingerprint density at radius 1 is 1.25 bits per heavy atom. The fourth-order valence-electron chi connectivity index (χ4n) is 2.14. The quantitative estimate of drug-likeness (QED) is 0.877. The van der Waals surface area contributed by atoms with E-state index in [2.05, 4.69) is 10.1 Å². The maximum absolute atomic E-state index is 6.12. The molecule has 0 fully saturated rings. The topological polar surface area (TPSA) is 74.2 Å². The molecule has 0 radical (unpaired) electrons. The molecule has 0 spiro atoms. The Bertz CT molecular complexity index is 525. The van der Waals surface area contributed by atoms with Gasteiger partial charge in [-0.3, -0.25) is 0 Å². The van der Waals surface area contributed by atoms with Gasteiger partial charge in [0.25, 0.3) is 0 Å². The van der Waals surface area contributed by atoms with E-state index in [1.54, 1.807) is 7.11 Å². The zero-order valence-corrected chi connectivity index (χ0v) is 12.1. The van der Waals surface area contributed by atoms with Crippen LogP contribution < -0.4 is 5.73 Å². The minimum Gasteiger partial charge on any atom is -0.373 e. The second-order valence-electron chi connectivity index (χ2n) is 5.19. The number of hydrogen-bond donors (Lipinski definition) is 1. The van der Waals surface area contributed by atoms with Gasteiger partial charge in [-0.25, -0.2) is 0 Å². The van der Waals surface area contributed by atoms with Crippen molar-refractivity contribution in [3.63, 3.8) is 0 Å². The van der Waals surface area contributed by atoms with Crippen LogP contribution in [-0.4, -0.2) is 17.3 Å². The molecule has 1 aromatic carbocycles. The Morgan fingerprint density at radius 3 is 2.55 bits per heavy atom. The van der Waals surface area contributed by atoms with Crippen LogP contribution in [-0.2, 0) is 11.2 Å². The minimum atomic E-state index is -0.302. The fourth-order valence-corrected chi connectivity index (χ4v) is 2.14. The van der Waals surface area contributed by atoms with E-state index in [1.165, 1.54) is 0 Å². The molecule has 0 bridgehead atoms. The van der Waals surface area contributed by atoms with E-state index in [0.717, 1.165) is 5.56 Å². The van der Waals surface area contributed by atoms with Crippen LogP contribution in [0.3, 0.4) is 0 Å². The van der Waals surface area contributed by atoms with Crippen molar-refractivity contribution in [3.05, 3.63) is 47.6 Å². The lowest BCUT2D eigenvalue weighted by Crippen LogP contribution is -2.15. The standard InChI is InChI=1S/C15H21N3O2/c1-10(2)13(19-3)14-17-15(20-18-14)12(16)9-11-7-5-4-6-8-11/h4-8,10,12-13H,9,16H2,1-3H3. The third-order valence-electron chi connectivity index (χ3n) is 3.19. The highest BCUT2D eigenvalue weighted by atomic mass is 16.5. The predicted octanol–water partition coefficient (Wildman–Crippen LogP) is 2.66. The maximum atomic E-state index is 6.12. The van der Waals surface area contributed by atoms with Crippen molar-refractivity contribution in [3.8, 4) is 0 Å². The normalized spacial score (nSPS) is 14.4. The summed E-state index contributed by atoms with van der Waals surface area (Å²) in [6.45, 7) is 4.10. The van der Waals surface area contributed by atoms with Crippen molar-refractivity contribution in [2.24, 2.45) is 11.7 Å². The van der Waals surface area contributed by atoms with E-state index in [-0.39, 0.29) is 18.1 Å². The molecule has 0 amide bonds. The zero-order valence-electron chi connectivity index (χ0n) is 12.1. The van der Waals surface area contributed by atoms with Gasteiger partial charge in [-0.05, 0) is 17.9 Å². The van der Waals surface area contributed by atoms with Gasteiger partial charge in [0, 0.05) is 7.11 Å². The maximum Gasteiger partial charge on any atom is 0.243 e. The minimum absolute atomic E-state index is 0.170. The van der Waals surface area contributed by atoms with E-state index in [1.807, 2.05) is 44.2 Å². The SMILES string of the molecule is COC(c1noc(C(N)Cc2ccccc2)n1)C(C)C. The first-order chi connectivity index (χ1) is 9.61. The van der Waals surface area contributed by atoms with Crippen LogP contribution in [0.5, 0.6) is 0 Å². The largest absolute Gasteiger partial charge is 0.373 e. The van der Waals surface area contributed by atoms with Crippen LogP contribution in [0.2, 0.25) is 0 Å². The molecule has 5 nitrogen and oxygen atoms in total. The van der Waals surface area contributed by atoms with E-state index >= 15 is 0 Å². The molecule has 0 saturated carbocycles. The third-order valence-corrected chi connectivity index (χ3v) is 3.19. The number of nitrogens with zero attached hydrogens (tertiary/aromatic N) is 2. The van der Waals surface area contributed by atoms with Crippen LogP contribution in [0.1, 0.15) is 43.3 Å². The molecule has 0 aliphatic carbocycles. The highest BCUT2D eigenvalue weighted by Gasteiger charge is 2.23. The van der Waals surface area contributed by atoms with Crippen molar-refractivity contribution < 1.29 is 9.26 Å². The first-order valence-electron chi connectivity index (χ1n) is 6.77. The second-order valence-corrected chi connectivity index (χ2v) is 5.19. The van der Waals surface area contributed by atoms with Crippen molar-refractivity contribution in [2.75, 3.05) is 7.11 Å². The Kier molecular flexibility index (Phi) is 4.87. The number of ether oxygens (including phenoxy) is 1. The van der Waals surface area contributed by atoms with E-state index in [9.17, 15) is 0 Å². The average Bonchev–Trinajstić information content (AvgIpc) is 2.90. The number of methoxy groups -OCH3 is 1. The van der Waals surface area contributed by atoms with Gasteiger partial charge in [0.1, 0.15) is 6.10 Å². The Morgan fingerprint density at radius 2 is 1.95 bits per heavy atom. The lowest BCUT2D eigenvalue weighted by atomic mass is 10.1. The summed E-state index contributed by atoms with van der Waals surface area (Å²) >= 11 is 0. The molecule has 108 valence electrons. The van der Waals surface area contributed by atoms with E-state index < -0.39 is 0 Å². The number of aromatic nitrogens is 2. The molecule has 5 heteroatoms. The lowest BCUT2D eigenvalue weighted by Gasteiger charge is -2.14. The lowest BCUT2D eigenvalue weighted by molar-refractivity contribution is 0.0555. The Labute approximate surface area is 119 Å². The van der Waals surface area contributed by atoms with Crippen LogP contribution >= 0.6 is 0 Å². The van der Waals surface area contributed by atoms with Gasteiger partial charge in [0.2, 0.25) is 11.7 Å². The molecule has 0 aliphatic rings. The molecule has 20 heavy (non-hydrogen) atoms. The first kappa shape index (κ1) is 14.7. The summed E-state index contributed by atoms with van der Waals surface area (Å²) in [6.07, 6.45) is 0.498. The fraction of sp³-hybridized carbons (Fsp3) is 0.467. The predicted molar refractivity (Wildman–Crippen MR) is 76.0 cm³/mol. The summed E-state index contributed by atoms with van der Waals surface area (Å²) in [5, 5.41) is 3.98. The smallest absolute Gasteiger partial charge is 0.243 e. The molecular weight excluding hydrogens is 254 g/mol. The third kappa shape index (κ3) is 3.43. The molecular formula is C15H21N3O2. The summed E-state index contributed by atoms with van der Waals surface area (Å²) in [7, 11) is 1.64. The molecule has 0 aliphatic heterocycles. The van der Waals surface area contributed by atoms with Crippen molar-refractivity contribution in [2.45, 2.75) is 32.4 Å². The molecule has 1 aromatic heterocycles. The Hall–Kier alpha value is -1.72. The monoisotopic (exact) mass is 275 g/mol. The van der Waals surface area contributed by atoms with Gasteiger partial charge >= 0.3 is 0 Å². The van der Waals surface area contributed by atoms with Crippen molar-refractivity contribution in [1.82, 2.24) is 10.1 Å². The molecule has 2 N–H and O–H groups in total. The van der Waals surface area contributed by atoms with Gasteiger partial charge < -0.3 is 15.0 Å². The van der Waals surface area contributed by atoms with Gasteiger partial charge in [-0.2, -0.15) is 4.98 Å². The van der Waals surface area contributed by atoms with Gasteiger partial charge in [0.15, 0.2) is 0 Å². The molecule has 2 atom stereocenters. The van der Waals surface area contributed by atoms with Crippen LogP contribution in [0.15, 0.2) is 34.9 Å².